The highest BCUT2D eigenvalue weighted by atomic mass is 19.1. The third kappa shape index (κ3) is 3.15. The first-order valence-electron chi connectivity index (χ1n) is 6.75. The highest BCUT2D eigenvalue weighted by molar-refractivity contribution is 5.94. The molecule has 1 aliphatic rings. The van der Waals surface area contributed by atoms with Crippen molar-refractivity contribution in [3.63, 3.8) is 0 Å². The number of hydrogen-bond donors (Lipinski definition) is 0. The lowest BCUT2D eigenvalue weighted by molar-refractivity contribution is -0.134. The topological polar surface area (TPSA) is 40.6 Å². The lowest BCUT2D eigenvalue weighted by Crippen LogP contribution is -2.42. The van der Waals surface area contributed by atoms with Crippen molar-refractivity contribution < 1.29 is 14.0 Å². The molecule has 0 saturated carbocycles. The molecule has 2 amide bonds. The number of likely N-dealkylation sites (tertiary alicyclic amines) is 1. The molecule has 1 fully saturated rings. The van der Waals surface area contributed by atoms with E-state index in [1.807, 2.05) is 0 Å². The predicted molar refractivity (Wildman–Crippen MR) is 73.7 cm³/mol. The van der Waals surface area contributed by atoms with Crippen LogP contribution in [0, 0.1) is 11.7 Å². The molecule has 1 aliphatic heterocycles. The second-order valence-electron chi connectivity index (χ2n) is 5.31. The molecule has 0 bridgehead atoms. The largest absolute Gasteiger partial charge is 0.349 e. The summed E-state index contributed by atoms with van der Waals surface area (Å²) < 4.78 is 12.8. The van der Waals surface area contributed by atoms with E-state index in [9.17, 15) is 14.0 Å². The summed E-state index contributed by atoms with van der Waals surface area (Å²) in [6, 6.07) is 5.56. The number of carbonyl (C=O) groups is 2. The molecule has 1 saturated heterocycles. The summed E-state index contributed by atoms with van der Waals surface area (Å²) in [5, 5.41) is 0. The Hall–Kier alpha value is -1.91. The Labute approximate surface area is 118 Å². The zero-order valence-electron chi connectivity index (χ0n) is 11.8. The molecule has 20 heavy (non-hydrogen) atoms. The van der Waals surface area contributed by atoms with Gasteiger partial charge in [-0.1, -0.05) is 0 Å². The summed E-state index contributed by atoms with van der Waals surface area (Å²) in [6.45, 7) is 1.14. The number of amides is 2. The maximum atomic E-state index is 12.8. The molecule has 0 aliphatic carbocycles. The second-order valence-corrected chi connectivity index (χ2v) is 5.31. The molecule has 1 heterocycles. The maximum absolute atomic E-state index is 12.8. The van der Waals surface area contributed by atoms with Crippen LogP contribution in [0.2, 0.25) is 0 Å². The standard InChI is InChI=1S/C15H19FN2O2/c1-17(2)14(19)12-7-9-18(10-8-12)15(20)11-3-5-13(16)6-4-11/h3-6,12H,7-10H2,1-2H3. The van der Waals surface area contributed by atoms with Crippen LogP contribution in [-0.2, 0) is 4.79 Å². The van der Waals surface area contributed by atoms with E-state index in [0.29, 0.717) is 31.5 Å². The molecule has 0 spiro atoms. The van der Waals surface area contributed by atoms with Crippen LogP contribution in [0.25, 0.3) is 0 Å². The van der Waals surface area contributed by atoms with Crippen molar-refractivity contribution in [2.45, 2.75) is 12.8 Å². The average molecular weight is 278 g/mol. The van der Waals surface area contributed by atoms with E-state index in [4.69, 9.17) is 0 Å². The molecule has 0 radical (unpaired) electrons. The van der Waals surface area contributed by atoms with Crippen LogP contribution in [0.3, 0.4) is 0 Å². The average Bonchev–Trinajstić information content (AvgIpc) is 2.46. The number of rotatable bonds is 2. The quantitative estimate of drug-likeness (QED) is 0.827. The first-order chi connectivity index (χ1) is 9.49. The number of piperidine rings is 1. The van der Waals surface area contributed by atoms with Crippen molar-refractivity contribution in [2.75, 3.05) is 27.2 Å². The maximum Gasteiger partial charge on any atom is 0.253 e. The molecular formula is C15H19FN2O2. The van der Waals surface area contributed by atoms with Gasteiger partial charge in [-0.05, 0) is 37.1 Å². The minimum Gasteiger partial charge on any atom is -0.349 e. The van der Waals surface area contributed by atoms with Crippen LogP contribution in [0.4, 0.5) is 4.39 Å². The highest BCUT2D eigenvalue weighted by Crippen LogP contribution is 2.20. The van der Waals surface area contributed by atoms with Gasteiger partial charge in [0.05, 0.1) is 0 Å². The molecule has 1 aromatic carbocycles. The van der Waals surface area contributed by atoms with Crippen molar-refractivity contribution >= 4 is 11.8 Å². The first-order valence-corrected chi connectivity index (χ1v) is 6.75. The van der Waals surface area contributed by atoms with E-state index in [-0.39, 0.29) is 23.5 Å². The van der Waals surface area contributed by atoms with E-state index in [1.54, 1.807) is 23.9 Å². The van der Waals surface area contributed by atoms with Crippen LogP contribution in [0.5, 0.6) is 0 Å². The third-order valence-electron chi connectivity index (χ3n) is 3.66. The van der Waals surface area contributed by atoms with Gasteiger partial charge in [0.15, 0.2) is 0 Å². The van der Waals surface area contributed by atoms with Gasteiger partial charge < -0.3 is 9.80 Å². The molecule has 5 heteroatoms. The summed E-state index contributed by atoms with van der Waals surface area (Å²) in [4.78, 5) is 27.4. The zero-order chi connectivity index (χ0) is 14.7. The summed E-state index contributed by atoms with van der Waals surface area (Å²) in [5.41, 5.74) is 0.490. The Bertz CT molecular complexity index is 491. The first kappa shape index (κ1) is 14.5. The highest BCUT2D eigenvalue weighted by Gasteiger charge is 2.28. The van der Waals surface area contributed by atoms with Crippen molar-refractivity contribution in [1.82, 2.24) is 9.80 Å². The predicted octanol–water partition coefficient (Wildman–Crippen LogP) is 1.77. The molecule has 108 valence electrons. The van der Waals surface area contributed by atoms with Gasteiger partial charge in [-0.25, -0.2) is 4.39 Å². The van der Waals surface area contributed by atoms with E-state index < -0.39 is 0 Å². The van der Waals surface area contributed by atoms with Crippen molar-refractivity contribution in [1.29, 1.82) is 0 Å². The number of benzene rings is 1. The van der Waals surface area contributed by atoms with E-state index in [1.165, 1.54) is 24.3 Å². The lowest BCUT2D eigenvalue weighted by Gasteiger charge is -2.32. The molecular weight excluding hydrogens is 259 g/mol. The normalized spacial score (nSPS) is 16.1. The smallest absolute Gasteiger partial charge is 0.253 e. The minimum absolute atomic E-state index is 0.00210. The monoisotopic (exact) mass is 278 g/mol. The van der Waals surface area contributed by atoms with Gasteiger partial charge in [0, 0.05) is 38.7 Å². The fourth-order valence-corrected chi connectivity index (χ4v) is 2.47. The van der Waals surface area contributed by atoms with Crippen molar-refractivity contribution in [2.24, 2.45) is 5.92 Å². The Balaban J connectivity index is 1.95. The lowest BCUT2D eigenvalue weighted by atomic mass is 9.95. The van der Waals surface area contributed by atoms with Crippen LogP contribution in [0.1, 0.15) is 23.2 Å². The minimum atomic E-state index is -0.350. The molecule has 0 N–H and O–H groups in total. The summed E-state index contributed by atoms with van der Waals surface area (Å²) in [7, 11) is 3.50. The number of carbonyl (C=O) groups excluding carboxylic acids is 2. The Morgan fingerprint density at radius 2 is 1.70 bits per heavy atom. The fourth-order valence-electron chi connectivity index (χ4n) is 2.47. The number of hydrogen-bond acceptors (Lipinski definition) is 2. The Morgan fingerprint density at radius 1 is 1.15 bits per heavy atom. The molecule has 2 rings (SSSR count). The molecule has 0 atom stereocenters. The van der Waals surface area contributed by atoms with Crippen LogP contribution >= 0.6 is 0 Å². The van der Waals surface area contributed by atoms with Gasteiger partial charge in [-0.2, -0.15) is 0 Å². The molecule has 0 aromatic heterocycles. The third-order valence-corrected chi connectivity index (χ3v) is 3.66. The summed E-state index contributed by atoms with van der Waals surface area (Å²) in [6.07, 6.45) is 1.37. The van der Waals surface area contributed by atoms with E-state index in [0.717, 1.165) is 0 Å². The number of halogens is 1. The zero-order valence-corrected chi connectivity index (χ0v) is 11.8. The van der Waals surface area contributed by atoms with Gasteiger partial charge in [0.2, 0.25) is 5.91 Å². The SMILES string of the molecule is CN(C)C(=O)C1CCN(C(=O)c2ccc(F)cc2)CC1. The fraction of sp³-hybridized carbons (Fsp3) is 0.467. The van der Waals surface area contributed by atoms with Crippen LogP contribution in [0.15, 0.2) is 24.3 Å². The van der Waals surface area contributed by atoms with Crippen molar-refractivity contribution in [3.05, 3.63) is 35.6 Å². The second kappa shape index (κ2) is 6.03. The Morgan fingerprint density at radius 3 is 2.20 bits per heavy atom. The number of nitrogens with zero attached hydrogens (tertiary/aromatic N) is 2. The van der Waals surface area contributed by atoms with E-state index >= 15 is 0 Å². The van der Waals surface area contributed by atoms with Crippen LogP contribution in [-0.4, -0.2) is 48.8 Å². The molecule has 1 aromatic rings. The molecule has 4 nitrogen and oxygen atoms in total. The van der Waals surface area contributed by atoms with Gasteiger partial charge in [-0.15, -0.1) is 0 Å². The summed E-state index contributed by atoms with van der Waals surface area (Å²) in [5.74, 6) is -0.321. The van der Waals surface area contributed by atoms with Crippen molar-refractivity contribution in [3.8, 4) is 0 Å². The van der Waals surface area contributed by atoms with Gasteiger partial charge in [-0.3, -0.25) is 9.59 Å². The molecule has 0 unspecified atom stereocenters. The van der Waals surface area contributed by atoms with Gasteiger partial charge >= 0.3 is 0 Å². The van der Waals surface area contributed by atoms with Crippen LogP contribution < -0.4 is 0 Å². The summed E-state index contributed by atoms with van der Waals surface area (Å²) >= 11 is 0. The Kier molecular flexibility index (Phi) is 4.37. The van der Waals surface area contributed by atoms with Gasteiger partial charge in [0.25, 0.3) is 5.91 Å². The van der Waals surface area contributed by atoms with E-state index in [2.05, 4.69) is 0 Å². The van der Waals surface area contributed by atoms with Gasteiger partial charge in [0.1, 0.15) is 5.82 Å².